The van der Waals surface area contributed by atoms with Gasteiger partial charge >= 0.3 is 21.2 Å². The maximum absolute atomic E-state index is 2.36. The fraction of sp³-hybridized carbons (Fsp3) is 0.250. The molecule has 0 nitrogen and oxygen atoms in total. The lowest BCUT2D eigenvalue weighted by atomic mass is 10.0. The smallest absolute Gasteiger partial charge is 0.0622 e. The molecule has 17 heavy (non-hydrogen) atoms. The molecule has 88 valence electrons. The molecule has 2 aromatic rings. The Labute approximate surface area is 114 Å². The Morgan fingerprint density at radius 3 is 2.00 bits per heavy atom. The Bertz CT molecular complexity index is 469. The molecular weight excluding hydrogens is 319 g/mol. The lowest BCUT2D eigenvalue weighted by Crippen LogP contribution is -3.66. The molecular formula is C16H18I+. The molecule has 0 fully saturated rings. The van der Waals surface area contributed by atoms with Gasteiger partial charge in [0.1, 0.15) is 0 Å². The summed E-state index contributed by atoms with van der Waals surface area (Å²) in [5.74, 6) is 0. The summed E-state index contributed by atoms with van der Waals surface area (Å²) in [6, 6.07) is 19.9. The van der Waals surface area contributed by atoms with Crippen molar-refractivity contribution in [2.24, 2.45) is 0 Å². The fourth-order valence-electron chi connectivity index (χ4n) is 1.76. The van der Waals surface area contributed by atoms with Crippen LogP contribution in [0.5, 0.6) is 0 Å². The van der Waals surface area contributed by atoms with Gasteiger partial charge < -0.3 is 0 Å². The van der Waals surface area contributed by atoms with E-state index in [0.717, 1.165) is 0 Å². The van der Waals surface area contributed by atoms with Crippen LogP contribution in [0, 0.1) is 10.5 Å². The van der Waals surface area contributed by atoms with E-state index in [0.29, 0.717) is 3.42 Å². The zero-order chi connectivity index (χ0) is 12.3. The molecule has 0 bridgehead atoms. The number of hydrogen-bond acceptors (Lipinski definition) is 0. The lowest BCUT2D eigenvalue weighted by molar-refractivity contribution is -0.705. The number of alkyl halides is 1. The molecule has 0 aliphatic rings. The second-order valence-electron chi connectivity index (χ2n) is 4.73. The summed E-state index contributed by atoms with van der Waals surface area (Å²) in [7, 11) is 0. The second kappa shape index (κ2) is 5.21. The molecule has 0 radical (unpaired) electrons. The van der Waals surface area contributed by atoms with Crippen molar-refractivity contribution in [2.45, 2.75) is 24.2 Å². The highest BCUT2D eigenvalue weighted by Gasteiger charge is 2.36. The Kier molecular flexibility index (Phi) is 3.87. The normalized spacial score (nSPS) is 11.5. The van der Waals surface area contributed by atoms with Crippen LogP contribution in [-0.2, 0) is 3.42 Å². The molecule has 0 aliphatic carbocycles. The van der Waals surface area contributed by atoms with Crippen molar-refractivity contribution >= 4 is 0 Å². The Morgan fingerprint density at radius 1 is 0.824 bits per heavy atom. The molecule has 0 aromatic heterocycles. The molecule has 0 saturated carbocycles. The van der Waals surface area contributed by atoms with Crippen LogP contribution in [0.25, 0.3) is 0 Å². The van der Waals surface area contributed by atoms with Gasteiger partial charge in [0.15, 0.2) is 6.99 Å². The van der Waals surface area contributed by atoms with Crippen molar-refractivity contribution < 1.29 is 21.2 Å². The first-order chi connectivity index (χ1) is 8.08. The van der Waals surface area contributed by atoms with Crippen molar-refractivity contribution in [1.29, 1.82) is 0 Å². The molecule has 0 unspecified atom stereocenters. The molecule has 0 N–H and O–H groups in total. The van der Waals surface area contributed by atoms with E-state index < -0.39 is 0 Å². The summed E-state index contributed by atoms with van der Waals surface area (Å²) in [4.78, 5) is 0. The summed E-state index contributed by atoms with van der Waals surface area (Å²) < 4.78 is 1.82. The monoisotopic (exact) mass is 337 g/mol. The van der Waals surface area contributed by atoms with E-state index in [2.05, 4.69) is 75.4 Å². The van der Waals surface area contributed by atoms with Gasteiger partial charge in [0.25, 0.3) is 0 Å². The van der Waals surface area contributed by atoms with E-state index in [4.69, 9.17) is 0 Å². The predicted molar refractivity (Wildman–Crippen MR) is 69.3 cm³/mol. The molecule has 2 rings (SSSR count). The Morgan fingerprint density at radius 2 is 1.41 bits per heavy atom. The first-order valence-corrected chi connectivity index (χ1v) is 8.02. The van der Waals surface area contributed by atoms with Crippen LogP contribution >= 0.6 is 0 Å². The van der Waals surface area contributed by atoms with E-state index in [-0.39, 0.29) is 21.2 Å². The lowest BCUT2D eigenvalue weighted by Gasteiger charge is -2.11. The Hall–Kier alpha value is -0.830. The van der Waals surface area contributed by atoms with E-state index in [1.807, 2.05) is 0 Å². The summed E-state index contributed by atoms with van der Waals surface area (Å²) in [6.45, 7) is 6.86. The zero-order valence-corrected chi connectivity index (χ0v) is 12.7. The van der Waals surface area contributed by atoms with E-state index in [1.165, 1.54) is 14.7 Å². The van der Waals surface area contributed by atoms with Crippen LogP contribution in [0.1, 0.15) is 25.0 Å². The van der Waals surface area contributed by atoms with E-state index in [9.17, 15) is 0 Å². The van der Waals surface area contributed by atoms with Crippen LogP contribution in [-0.4, -0.2) is 0 Å². The van der Waals surface area contributed by atoms with Crippen molar-refractivity contribution in [2.75, 3.05) is 0 Å². The highest BCUT2D eigenvalue weighted by atomic mass is 127. The number of rotatable bonds is 3. The predicted octanol–water partition coefficient (Wildman–Crippen LogP) is 1.19. The minimum absolute atomic E-state index is 0.0110. The van der Waals surface area contributed by atoms with Crippen LogP contribution < -0.4 is 21.2 Å². The number of benzene rings is 2. The van der Waals surface area contributed by atoms with Gasteiger partial charge in [-0.3, -0.25) is 0 Å². The Balaban J connectivity index is 2.20. The zero-order valence-electron chi connectivity index (χ0n) is 10.6. The van der Waals surface area contributed by atoms with Gasteiger partial charge in [-0.2, -0.15) is 0 Å². The minimum Gasteiger partial charge on any atom is -0.0622 e. The molecule has 2 aromatic carbocycles. The maximum atomic E-state index is 2.36. The molecule has 0 aliphatic heterocycles. The molecule has 0 saturated heterocycles. The van der Waals surface area contributed by atoms with Gasteiger partial charge in [-0.1, -0.05) is 48.0 Å². The third-order valence-electron chi connectivity index (χ3n) is 2.82. The fourth-order valence-corrected chi connectivity index (χ4v) is 4.71. The highest BCUT2D eigenvalue weighted by Crippen LogP contribution is 2.12. The van der Waals surface area contributed by atoms with Crippen LogP contribution in [0.4, 0.5) is 0 Å². The highest BCUT2D eigenvalue weighted by molar-refractivity contribution is 5.20. The van der Waals surface area contributed by atoms with Crippen molar-refractivity contribution in [1.82, 2.24) is 0 Å². The van der Waals surface area contributed by atoms with Gasteiger partial charge in [-0.15, -0.1) is 0 Å². The van der Waals surface area contributed by atoms with Gasteiger partial charge in [0, 0.05) is 5.56 Å². The summed E-state index contributed by atoms with van der Waals surface area (Å²) >= 11 is -0.0110. The number of halogens is 1. The summed E-state index contributed by atoms with van der Waals surface area (Å²) in [6.07, 6.45) is 0. The number of hydrogen-bond donors (Lipinski definition) is 0. The molecule has 0 spiro atoms. The van der Waals surface area contributed by atoms with Crippen LogP contribution in [0.2, 0.25) is 0 Å². The standard InChI is InChI=1S/C16H18I/c1-13-9-11-15(12-10-13)17-16(2,3)14-7-5-4-6-8-14/h4-12H,1-3H3/q+1. The average molecular weight is 337 g/mol. The molecule has 0 heterocycles. The average Bonchev–Trinajstić information content (AvgIpc) is 2.33. The molecule has 1 heteroatoms. The third kappa shape index (κ3) is 3.32. The minimum atomic E-state index is -0.0110. The SMILES string of the molecule is Cc1ccc([I+]C(C)(C)c2ccccc2)cc1. The quantitative estimate of drug-likeness (QED) is 0.583. The largest absolute Gasteiger partial charge is 0.324 e. The summed E-state index contributed by atoms with van der Waals surface area (Å²) in [5, 5.41) is 0. The van der Waals surface area contributed by atoms with Gasteiger partial charge in [-0.25, -0.2) is 0 Å². The van der Waals surface area contributed by atoms with E-state index >= 15 is 0 Å². The van der Waals surface area contributed by atoms with E-state index in [1.54, 1.807) is 0 Å². The summed E-state index contributed by atoms with van der Waals surface area (Å²) in [5.41, 5.74) is 2.80. The first kappa shape index (κ1) is 12.6. The number of aryl methyl sites for hydroxylation is 1. The molecule has 0 amide bonds. The van der Waals surface area contributed by atoms with Crippen molar-refractivity contribution in [3.05, 3.63) is 69.3 Å². The maximum Gasteiger partial charge on any atom is 0.324 e. The van der Waals surface area contributed by atoms with Gasteiger partial charge in [-0.05, 0) is 32.9 Å². The van der Waals surface area contributed by atoms with Crippen LogP contribution in [0.15, 0.2) is 54.6 Å². The van der Waals surface area contributed by atoms with Gasteiger partial charge in [0.05, 0.1) is 0 Å². The molecule has 0 atom stereocenters. The van der Waals surface area contributed by atoms with Gasteiger partial charge in [0.2, 0.25) is 0 Å². The van der Waals surface area contributed by atoms with Crippen LogP contribution in [0.3, 0.4) is 0 Å². The van der Waals surface area contributed by atoms with Crippen molar-refractivity contribution in [3.8, 4) is 0 Å². The van der Waals surface area contributed by atoms with Crippen molar-refractivity contribution in [3.63, 3.8) is 0 Å². The first-order valence-electron chi connectivity index (χ1n) is 5.86. The second-order valence-corrected chi connectivity index (χ2v) is 9.21. The third-order valence-corrected chi connectivity index (χ3v) is 6.13. The topological polar surface area (TPSA) is 0 Å².